The number of anilines is 2. The lowest BCUT2D eigenvalue weighted by Gasteiger charge is -2.38. The number of aromatic hydroxyl groups is 1. The second kappa shape index (κ2) is 6.53. The second-order valence-corrected chi connectivity index (χ2v) is 7.63. The molecule has 2 aromatic carbocycles. The Labute approximate surface area is 161 Å². The summed E-state index contributed by atoms with van der Waals surface area (Å²) in [5.41, 5.74) is 3.60. The van der Waals surface area contributed by atoms with E-state index in [0.29, 0.717) is 10.6 Å². The molecule has 0 fully saturated rings. The molecule has 0 saturated heterocycles. The van der Waals surface area contributed by atoms with Crippen molar-refractivity contribution >= 4 is 40.5 Å². The van der Waals surface area contributed by atoms with Gasteiger partial charge in [-0.1, -0.05) is 35.4 Å². The third-order valence-electron chi connectivity index (χ3n) is 5.08. The first kappa shape index (κ1) is 17.3. The van der Waals surface area contributed by atoms with Gasteiger partial charge in [-0.3, -0.25) is 4.79 Å². The first-order chi connectivity index (χ1) is 12.4. The minimum atomic E-state index is -0.106. The Bertz CT molecular complexity index is 926. The monoisotopic (exact) mass is 388 g/mol. The third-order valence-corrected chi connectivity index (χ3v) is 5.58. The maximum atomic E-state index is 11.4. The van der Waals surface area contributed by atoms with Crippen molar-refractivity contribution < 1.29 is 9.90 Å². The van der Waals surface area contributed by atoms with Gasteiger partial charge in [0.15, 0.2) is 0 Å². The summed E-state index contributed by atoms with van der Waals surface area (Å²) in [6.45, 7) is 1.50. The van der Waals surface area contributed by atoms with E-state index in [0.717, 1.165) is 23.4 Å². The molecular formula is C20H18Cl2N2O2. The molecule has 3 N–H and O–H groups in total. The summed E-state index contributed by atoms with van der Waals surface area (Å²) in [5, 5.41) is 17.6. The quantitative estimate of drug-likeness (QED) is 0.596. The number of fused-ring (bicyclic) bond motifs is 3. The SMILES string of the molecule is CC(=O)Nc1ccc2c(c1)C1C=CCC1C(c1cc(Cl)cc(Cl)c1O)N2. The Morgan fingerprint density at radius 1 is 1.23 bits per heavy atom. The van der Waals surface area contributed by atoms with Crippen molar-refractivity contribution in [2.45, 2.75) is 25.3 Å². The Balaban J connectivity index is 1.77. The van der Waals surface area contributed by atoms with Gasteiger partial charge in [-0.05, 0) is 48.2 Å². The molecule has 0 radical (unpaired) electrons. The molecule has 1 heterocycles. The van der Waals surface area contributed by atoms with E-state index in [1.807, 2.05) is 18.2 Å². The number of carbonyl (C=O) groups excluding carboxylic acids is 1. The summed E-state index contributed by atoms with van der Waals surface area (Å²) in [7, 11) is 0. The zero-order valence-corrected chi connectivity index (χ0v) is 15.6. The highest BCUT2D eigenvalue weighted by Crippen LogP contribution is 2.52. The fraction of sp³-hybridized carbons (Fsp3) is 0.250. The number of amides is 1. The first-order valence-corrected chi connectivity index (χ1v) is 9.22. The van der Waals surface area contributed by atoms with Crippen LogP contribution in [0.25, 0.3) is 0 Å². The van der Waals surface area contributed by atoms with Crippen LogP contribution >= 0.6 is 23.2 Å². The summed E-state index contributed by atoms with van der Waals surface area (Å²) in [5.74, 6) is 0.402. The fourth-order valence-electron chi connectivity index (χ4n) is 4.01. The van der Waals surface area contributed by atoms with Crippen molar-refractivity contribution in [3.8, 4) is 5.75 Å². The summed E-state index contributed by atoms with van der Waals surface area (Å²) < 4.78 is 0. The molecule has 6 heteroatoms. The Morgan fingerprint density at radius 3 is 2.81 bits per heavy atom. The standard InChI is InChI=1S/C20H18Cl2N2O2/c1-10(25)23-12-5-6-18-15(9-12)13-3-2-4-14(13)19(24-18)16-7-11(21)8-17(22)20(16)26/h2-3,5-9,13-14,19,24,26H,4H2,1H3,(H,23,25). The van der Waals surface area contributed by atoms with Gasteiger partial charge < -0.3 is 15.7 Å². The number of nitrogens with one attached hydrogen (secondary N) is 2. The number of hydrogen-bond donors (Lipinski definition) is 3. The van der Waals surface area contributed by atoms with Gasteiger partial charge in [0.05, 0.1) is 11.1 Å². The summed E-state index contributed by atoms with van der Waals surface area (Å²) in [6.07, 6.45) is 5.24. The first-order valence-electron chi connectivity index (χ1n) is 8.46. The van der Waals surface area contributed by atoms with Crippen LogP contribution in [0.2, 0.25) is 10.0 Å². The van der Waals surface area contributed by atoms with E-state index < -0.39 is 0 Å². The number of rotatable bonds is 2. The summed E-state index contributed by atoms with van der Waals surface area (Å²) in [6, 6.07) is 9.05. The molecule has 3 atom stereocenters. The number of allylic oxidation sites excluding steroid dienone is 2. The van der Waals surface area contributed by atoms with E-state index in [9.17, 15) is 9.90 Å². The van der Waals surface area contributed by atoms with Gasteiger partial charge in [0, 0.05) is 34.8 Å². The predicted octanol–water partition coefficient (Wildman–Crippen LogP) is 5.48. The van der Waals surface area contributed by atoms with Gasteiger partial charge >= 0.3 is 0 Å². The van der Waals surface area contributed by atoms with Gasteiger partial charge in [0.1, 0.15) is 5.75 Å². The lowest BCUT2D eigenvalue weighted by atomic mass is 9.76. The maximum absolute atomic E-state index is 11.4. The van der Waals surface area contributed by atoms with Crippen LogP contribution in [0.1, 0.15) is 36.4 Å². The maximum Gasteiger partial charge on any atom is 0.221 e. The predicted molar refractivity (Wildman–Crippen MR) is 105 cm³/mol. The molecule has 3 unspecified atom stereocenters. The normalized spacial score (nSPS) is 23.1. The van der Waals surface area contributed by atoms with Gasteiger partial charge in [-0.2, -0.15) is 0 Å². The van der Waals surface area contributed by atoms with Crippen molar-refractivity contribution in [3.63, 3.8) is 0 Å². The average molecular weight is 389 g/mol. The molecule has 0 aromatic heterocycles. The van der Waals surface area contributed by atoms with Crippen LogP contribution in [0, 0.1) is 5.92 Å². The Morgan fingerprint density at radius 2 is 2.04 bits per heavy atom. The highest BCUT2D eigenvalue weighted by atomic mass is 35.5. The Kier molecular flexibility index (Phi) is 4.33. The van der Waals surface area contributed by atoms with Crippen LogP contribution in [0.3, 0.4) is 0 Å². The largest absolute Gasteiger partial charge is 0.506 e. The number of benzene rings is 2. The molecular weight excluding hydrogens is 371 g/mol. The minimum absolute atomic E-state index is 0.0672. The molecule has 134 valence electrons. The number of halogens is 2. The zero-order chi connectivity index (χ0) is 18.4. The van der Waals surface area contributed by atoms with E-state index in [-0.39, 0.29) is 34.6 Å². The van der Waals surface area contributed by atoms with E-state index >= 15 is 0 Å². The topological polar surface area (TPSA) is 61.4 Å². The second-order valence-electron chi connectivity index (χ2n) is 6.78. The van der Waals surface area contributed by atoms with E-state index in [2.05, 4.69) is 22.8 Å². The molecule has 1 aliphatic heterocycles. The van der Waals surface area contributed by atoms with E-state index in [1.165, 1.54) is 6.92 Å². The molecule has 1 aliphatic carbocycles. The molecule has 2 aromatic rings. The molecule has 0 spiro atoms. The number of phenols is 1. The van der Waals surface area contributed by atoms with Crippen molar-refractivity contribution in [2.24, 2.45) is 5.92 Å². The van der Waals surface area contributed by atoms with E-state index in [4.69, 9.17) is 23.2 Å². The molecule has 0 bridgehead atoms. The van der Waals surface area contributed by atoms with Gasteiger partial charge in [-0.25, -0.2) is 0 Å². The minimum Gasteiger partial charge on any atom is -0.506 e. The highest BCUT2D eigenvalue weighted by Gasteiger charge is 2.39. The molecule has 0 saturated carbocycles. The van der Waals surface area contributed by atoms with Crippen LogP contribution in [-0.4, -0.2) is 11.0 Å². The molecule has 1 amide bonds. The average Bonchev–Trinajstić information content (AvgIpc) is 3.07. The summed E-state index contributed by atoms with van der Waals surface area (Å²) in [4.78, 5) is 11.4. The molecule has 4 nitrogen and oxygen atoms in total. The fourth-order valence-corrected chi connectivity index (χ4v) is 4.52. The zero-order valence-electron chi connectivity index (χ0n) is 14.1. The van der Waals surface area contributed by atoms with Crippen molar-refractivity contribution in [2.75, 3.05) is 10.6 Å². The molecule has 2 aliphatic rings. The van der Waals surface area contributed by atoms with Gasteiger partial charge in [0.2, 0.25) is 5.91 Å². The number of phenolic OH excluding ortho intramolecular Hbond substituents is 1. The van der Waals surface area contributed by atoms with Crippen molar-refractivity contribution in [3.05, 3.63) is 63.7 Å². The highest BCUT2D eigenvalue weighted by molar-refractivity contribution is 6.35. The molecule has 26 heavy (non-hydrogen) atoms. The number of hydrogen-bond acceptors (Lipinski definition) is 3. The van der Waals surface area contributed by atoms with Crippen LogP contribution in [0.15, 0.2) is 42.5 Å². The van der Waals surface area contributed by atoms with Gasteiger partial charge in [0.25, 0.3) is 0 Å². The lowest BCUT2D eigenvalue weighted by Crippen LogP contribution is -2.29. The summed E-state index contributed by atoms with van der Waals surface area (Å²) >= 11 is 12.3. The lowest BCUT2D eigenvalue weighted by molar-refractivity contribution is -0.114. The van der Waals surface area contributed by atoms with Crippen LogP contribution in [0.4, 0.5) is 11.4 Å². The van der Waals surface area contributed by atoms with Crippen molar-refractivity contribution in [1.29, 1.82) is 0 Å². The number of carbonyl (C=O) groups is 1. The smallest absolute Gasteiger partial charge is 0.221 e. The van der Waals surface area contributed by atoms with E-state index in [1.54, 1.807) is 12.1 Å². The molecule has 4 rings (SSSR count). The van der Waals surface area contributed by atoms with Crippen molar-refractivity contribution in [1.82, 2.24) is 0 Å². The van der Waals surface area contributed by atoms with Crippen LogP contribution in [0.5, 0.6) is 5.75 Å². The van der Waals surface area contributed by atoms with Crippen LogP contribution in [-0.2, 0) is 4.79 Å². The van der Waals surface area contributed by atoms with Crippen LogP contribution < -0.4 is 10.6 Å². The third kappa shape index (κ3) is 2.93. The Hall–Kier alpha value is -2.17. The van der Waals surface area contributed by atoms with Gasteiger partial charge in [-0.15, -0.1) is 0 Å².